The third-order valence-corrected chi connectivity index (χ3v) is 7.29. The van der Waals surface area contributed by atoms with Crippen LogP contribution in [0.25, 0.3) is 20.9 Å². The predicted octanol–water partition coefficient (Wildman–Crippen LogP) is 6.95. The number of amides is 1. The summed E-state index contributed by atoms with van der Waals surface area (Å²) in [7, 11) is 0. The second-order valence-electron chi connectivity index (χ2n) is 6.00. The van der Waals surface area contributed by atoms with Crippen molar-refractivity contribution in [3.05, 3.63) is 57.0 Å². The monoisotopic (exact) mass is 483 g/mol. The minimum absolute atomic E-state index is 0.0579. The number of carbonyl (C=O) groups is 1. The molecule has 0 aliphatic rings. The molecule has 4 rings (SSSR count). The van der Waals surface area contributed by atoms with Crippen molar-refractivity contribution in [2.24, 2.45) is 0 Å². The molecule has 10 heteroatoms. The SMILES string of the molecule is Cc1ccc(Cl)c(NC(=O)CSc2nnc(-c3sc4ccccc4c3Cl)o2)c1Cl. The number of rotatable bonds is 5. The van der Waals surface area contributed by atoms with Gasteiger partial charge in [-0.1, -0.05) is 70.8 Å². The first-order valence-corrected chi connectivity index (χ1v) is 11.3. The van der Waals surface area contributed by atoms with Crippen LogP contribution in [0.2, 0.25) is 15.1 Å². The molecule has 0 saturated heterocycles. The van der Waals surface area contributed by atoms with Gasteiger partial charge in [-0.25, -0.2) is 0 Å². The van der Waals surface area contributed by atoms with Gasteiger partial charge in [0.25, 0.3) is 11.1 Å². The summed E-state index contributed by atoms with van der Waals surface area (Å²) in [4.78, 5) is 13.0. The van der Waals surface area contributed by atoms with Gasteiger partial charge in [-0.2, -0.15) is 0 Å². The quantitative estimate of drug-likeness (QED) is 0.310. The van der Waals surface area contributed by atoms with Crippen LogP contribution in [0.4, 0.5) is 5.69 Å². The number of nitrogens with one attached hydrogen (secondary N) is 1. The zero-order valence-corrected chi connectivity index (χ0v) is 18.7. The Morgan fingerprint density at radius 1 is 1.14 bits per heavy atom. The van der Waals surface area contributed by atoms with Crippen molar-refractivity contribution in [1.82, 2.24) is 10.2 Å². The van der Waals surface area contributed by atoms with E-state index in [1.807, 2.05) is 31.2 Å². The maximum Gasteiger partial charge on any atom is 0.277 e. The molecule has 4 aromatic rings. The maximum atomic E-state index is 12.3. The second-order valence-corrected chi connectivity index (χ2v) is 9.15. The van der Waals surface area contributed by atoms with Crippen LogP contribution in [-0.2, 0) is 4.79 Å². The topological polar surface area (TPSA) is 68.0 Å². The second kappa shape index (κ2) is 8.53. The van der Waals surface area contributed by atoms with E-state index in [-0.39, 0.29) is 16.9 Å². The number of halogens is 3. The molecule has 2 heterocycles. The Bertz CT molecular complexity index is 1220. The Labute approximate surface area is 189 Å². The molecule has 0 unspecified atom stereocenters. The number of benzene rings is 2. The van der Waals surface area contributed by atoms with Crippen molar-refractivity contribution < 1.29 is 9.21 Å². The lowest BCUT2D eigenvalue weighted by Crippen LogP contribution is -2.15. The molecule has 2 aromatic carbocycles. The number of thiophene rings is 1. The van der Waals surface area contributed by atoms with E-state index in [0.717, 1.165) is 27.4 Å². The van der Waals surface area contributed by atoms with Crippen LogP contribution in [0.5, 0.6) is 0 Å². The van der Waals surface area contributed by atoms with Crippen molar-refractivity contribution in [3.63, 3.8) is 0 Å². The van der Waals surface area contributed by atoms with Gasteiger partial charge in [0.2, 0.25) is 5.91 Å². The average Bonchev–Trinajstić information content (AvgIpc) is 3.31. The minimum atomic E-state index is -0.288. The Morgan fingerprint density at radius 2 is 1.93 bits per heavy atom. The lowest BCUT2D eigenvalue weighted by molar-refractivity contribution is -0.113. The van der Waals surface area contributed by atoms with Gasteiger partial charge < -0.3 is 9.73 Å². The molecule has 0 saturated carbocycles. The summed E-state index contributed by atoms with van der Waals surface area (Å²) in [6.45, 7) is 1.84. The van der Waals surface area contributed by atoms with E-state index in [9.17, 15) is 4.79 Å². The first-order valence-electron chi connectivity index (χ1n) is 8.32. The van der Waals surface area contributed by atoms with Crippen LogP contribution in [0.3, 0.4) is 0 Å². The lowest BCUT2D eigenvalue weighted by atomic mass is 10.2. The fourth-order valence-corrected chi connectivity index (χ4v) is 5.05. The summed E-state index contributed by atoms with van der Waals surface area (Å²) < 4.78 is 6.72. The molecule has 0 radical (unpaired) electrons. The average molecular weight is 485 g/mol. The molecular weight excluding hydrogens is 473 g/mol. The summed E-state index contributed by atoms with van der Waals surface area (Å²) >= 11 is 21.4. The molecular formula is C19H12Cl3N3O2S2. The minimum Gasteiger partial charge on any atom is -0.410 e. The number of hydrogen-bond donors (Lipinski definition) is 1. The highest BCUT2D eigenvalue weighted by molar-refractivity contribution is 7.99. The molecule has 0 bridgehead atoms. The highest BCUT2D eigenvalue weighted by Crippen LogP contribution is 2.41. The summed E-state index contributed by atoms with van der Waals surface area (Å²) in [5.41, 5.74) is 1.21. The largest absolute Gasteiger partial charge is 0.410 e. The van der Waals surface area contributed by atoms with Gasteiger partial charge >= 0.3 is 0 Å². The molecule has 1 amide bonds. The Hall–Kier alpha value is -1.77. The Kier molecular flexibility index (Phi) is 6.03. The first kappa shape index (κ1) is 20.5. The van der Waals surface area contributed by atoms with Gasteiger partial charge in [-0.3, -0.25) is 4.79 Å². The normalized spacial score (nSPS) is 11.2. The standard InChI is InChI=1S/C19H12Cl3N3O2S2/c1-9-6-7-11(20)16(14(9)21)23-13(26)8-28-19-25-24-18(27-19)17-15(22)10-4-2-3-5-12(10)29-17/h2-7H,8H2,1H3,(H,23,26). The van der Waals surface area contributed by atoms with Crippen molar-refractivity contribution in [3.8, 4) is 10.8 Å². The Morgan fingerprint density at radius 3 is 2.72 bits per heavy atom. The van der Waals surface area contributed by atoms with E-state index >= 15 is 0 Å². The molecule has 0 aliphatic carbocycles. The van der Waals surface area contributed by atoms with E-state index < -0.39 is 0 Å². The summed E-state index contributed by atoms with van der Waals surface area (Å²) in [5.74, 6) is 0.0930. The summed E-state index contributed by atoms with van der Waals surface area (Å²) in [6, 6.07) is 11.3. The molecule has 0 atom stereocenters. The van der Waals surface area contributed by atoms with Crippen molar-refractivity contribution in [2.75, 3.05) is 11.1 Å². The van der Waals surface area contributed by atoms with Crippen LogP contribution in [0, 0.1) is 6.92 Å². The lowest BCUT2D eigenvalue weighted by Gasteiger charge is -2.10. The molecule has 5 nitrogen and oxygen atoms in total. The molecule has 29 heavy (non-hydrogen) atoms. The smallest absolute Gasteiger partial charge is 0.277 e. The van der Waals surface area contributed by atoms with Gasteiger partial charge in [-0.15, -0.1) is 21.5 Å². The molecule has 2 aromatic heterocycles. The highest BCUT2D eigenvalue weighted by Gasteiger charge is 2.19. The molecule has 0 aliphatic heterocycles. The fourth-order valence-electron chi connectivity index (χ4n) is 2.59. The predicted molar refractivity (Wildman–Crippen MR) is 121 cm³/mol. The number of aryl methyl sites for hydroxylation is 1. The van der Waals surface area contributed by atoms with Gasteiger partial charge in [0.1, 0.15) is 4.88 Å². The number of anilines is 1. The molecule has 0 spiro atoms. The van der Waals surface area contributed by atoms with Gasteiger partial charge in [0, 0.05) is 10.1 Å². The van der Waals surface area contributed by atoms with E-state index in [0.29, 0.717) is 31.5 Å². The molecule has 148 valence electrons. The highest BCUT2D eigenvalue weighted by atomic mass is 35.5. The molecule has 1 N–H and O–H groups in total. The van der Waals surface area contributed by atoms with E-state index in [4.69, 9.17) is 39.2 Å². The number of hydrogen-bond acceptors (Lipinski definition) is 6. The summed E-state index contributed by atoms with van der Waals surface area (Å²) in [6.07, 6.45) is 0. The maximum absolute atomic E-state index is 12.3. The van der Waals surface area contributed by atoms with Gasteiger partial charge in [0.05, 0.1) is 26.5 Å². The van der Waals surface area contributed by atoms with Crippen LogP contribution >= 0.6 is 57.9 Å². The van der Waals surface area contributed by atoms with E-state index in [1.165, 1.54) is 11.3 Å². The molecule has 0 fully saturated rings. The third-order valence-electron chi connectivity index (χ3n) is 4.01. The summed E-state index contributed by atoms with van der Waals surface area (Å²) in [5, 5.41) is 13.3. The van der Waals surface area contributed by atoms with Crippen molar-refractivity contribution in [2.45, 2.75) is 12.1 Å². The number of thioether (sulfide) groups is 1. The van der Waals surface area contributed by atoms with E-state index in [1.54, 1.807) is 12.1 Å². The van der Waals surface area contributed by atoms with Gasteiger partial charge in [-0.05, 0) is 24.6 Å². The third kappa shape index (κ3) is 4.25. The fraction of sp³-hybridized carbons (Fsp3) is 0.105. The van der Waals surface area contributed by atoms with Crippen LogP contribution < -0.4 is 5.32 Å². The van der Waals surface area contributed by atoms with Crippen molar-refractivity contribution in [1.29, 1.82) is 0 Å². The Balaban J connectivity index is 1.45. The van der Waals surface area contributed by atoms with Gasteiger partial charge in [0.15, 0.2) is 0 Å². The first-order chi connectivity index (χ1) is 13.9. The number of carbonyl (C=O) groups excluding carboxylic acids is 1. The van der Waals surface area contributed by atoms with Crippen LogP contribution in [0.15, 0.2) is 46.0 Å². The van der Waals surface area contributed by atoms with Crippen LogP contribution in [0.1, 0.15) is 5.56 Å². The van der Waals surface area contributed by atoms with Crippen LogP contribution in [-0.4, -0.2) is 21.9 Å². The number of fused-ring (bicyclic) bond motifs is 1. The zero-order valence-electron chi connectivity index (χ0n) is 14.8. The van der Waals surface area contributed by atoms with E-state index in [2.05, 4.69) is 15.5 Å². The zero-order chi connectivity index (χ0) is 20.5. The van der Waals surface area contributed by atoms with Crippen molar-refractivity contribution >= 4 is 79.6 Å². The number of aromatic nitrogens is 2. The number of nitrogens with zero attached hydrogens (tertiary/aromatic N) is 2.